The molecule has 0 bridgehead atoms. The molecule has 8 heteroatoms. The Morgan fingerprint density at radius 2 is 1.93 bits per heavy atom. The Labute approximate surface area is 156 Å². The van der Waals surface area contributed by atoms with Crippen LogP contribution in [0.5, 0.6) is 0 Å². The third-order valence-corrected chi connectivity index (χ3v) is 3.92. The van der Waals surface area contributed by atoms with Crippen LogP contribution in [0.3, 0.4) is 0 Å². The summed E-state index contributed by atoms with van der Waals surface area (Å²) in [6.45, 7) is 1.50. The van der Waals surface area contributed by atoms with Crippen LogP contribution in [0.4, 0.5) is 11.4 Å². The molecule has 0 heterocycles. The lowest BCUT2D eigenvalue weighted by atomic mass is 10.0. The smallest absolute Gasteiger partial charge is 0.341 e. The number of benzene rings is 2. The minimum atomic E-state index is -0.891. The van der Waals surface area contributed by atoms with Crippen LogP contribution in [0.2, 0.25) is 0 Å². The first kappa shape index (κ1) is 19.9. The van der Waals surface area contributed by atoms with Crippen LogP contribution < -0.4 is 11.1 Å². The number of hydrogen-bond acceptors (Lipinski definition) is 6. The van der Waals surface area contributed by atoms with Crippen molar-refractivity contribution in [3.8, 4) is 0 Å². The highest BCUT2D eigenvalue weighted by atomic mass is 16.6. The molecule has 0 aliphatic heterocycles. The van der Waals surface area contributed by atoms with E-state index < -0.39 is 23.4 Å². The number of carbonyl (C=O) groups is 2. The lowest BCUT2D eigenvalue weighted by Gasteiger charge is -2.18. The number of nitrogen functional groups attached to an aromatic ring is 1. The number of nitro benzene ring substituents is 1. The Morgan fingerprint density at radius 1 is 1.22 bits per heavy atom. The van der Waals surface area contributed by atoms with Crippen LogP contribution in [0.15, 0.2) is 48.5 Å². The molecule has 27 heavy (non-hydrogen) atoms. The first-order valence-corrected chi connectivity index (χ1v) is 8.47. The largest absolute Gasteiger partial charge is 0.452 e. The van der Waals surface area contributed by atoms with Gasteiger partial charge in [0.25, 0.3) is 11.6 Å². The third-order valence-electron chi connectivity index (χ3n) is 3.92. The molecule has 142 valence electrons. The van der Waals surface area contributed by atoms with E-state index in [1.54, 1.807) is 0 Å². The Hall–Kier alpha value is -3.42. The van der Waals surface area contributed by atoms with E-state index in [9.17, 15) is 19.7 Å². The first-order valence-electron chi connectivity index (χ1n) is 8.47. The van der Waals surface area contributed by atoms with E-state index in [4.69, 9.17) is 10.5 Å². The zero-order valence-corrected chi connectivity index (χ0v) is 14.9. The van der Waals surface area contributed by atoms with Gasteiger partial charge in [0.2, 0.25) is 0 Å². The van der Waals surface area contributed by atoms with E-state index in [-0.39, 0.29) is 23.0 Å². The molecular formula is C19H21N3O5. The summed E-state index contributed by atoms with van der Waals surface area (Å²) in [5.41, 5.74) is 6.24. The highest BCUT2D eigenvalue weighted by Gasteiger charge is 2.19. The van der Waals surface area contributed by atoms with E-state index in [0.29, 0.717) is 0 Å². The number of nitrogens with one attached hydrogen (secondary N) is 1. The molecule has 1 atom stereocenters. The predicted octanol–water partition coefficient (Wildman–Crippen LogP) is 2.99. The predicted molar refractivity (Wildman–Crippen MR) is 100 cm³/mol. The topological polar surface area (TPSA) is 125 Å². The lowest BCUT2D eigenvalue weighted by Crippen LogP contribution is -2.32. The van der Waals surface area contributed by atoms with Gasteiger partial charge in [0, 0.05) is 17.8 Å². The Bertz CT molecular complexity index is 823. The SMILES string of the molecule is CCCC(NC(=O)COC(=O)c1cc([N+](=O)[O-])ccc1N)c1ccccc1. The lowest BCUT2D eigenvalue weighted by molar-refractivity contribution is -0.384. The maximum absolute atomic E-state index is 12.2. The molecule has 2 aromatic carbocycles. The Kier molecular flexibility index (Phi) is 6.87. The minimum Gasteiger partial charge on any atom is -0.452 e. The molecule has 1 unspecified atom stereocenters. The van der Waals surface area contributed by atoms with Gasteiger partial charge < -0.3 is 15.8 Å². The van der Waals surface area contributed by atoms with Gasteiger partial charge in [0.15, 0.2) is 6.61 Å². The van der Waals surface area contributed by atoms with E-state index in [1.165, 1.54) is 12.1 Å². The van der Waals surface area contributed by atoms with Crippen molar-refractivity contribution in [2.75, 3.05) is 12.3 Å². The van der Waals surface area contributed by atoms with E-state index >= 15 is 0 Å². The number of nitrogens with zero attached hydrogens (tertiary/aromatic N) is 1. The van der Waals surface area contributed by atoms with Crippen molar-refractivity contribution in [2.24, 2.45) is 0 Å². The molecule has 0 saturated carbocycles. The molecule has 0 fully saturated rings. The summed E-state index contributed by atoms with van der Waals surface area (Å²) >= 11 is 0. The summed E-state index contributed by atoms with van der Waals surface area (Å²) in [5.74, 6) is -1.35. The van der Waals surface area contributed by atoms with Crippen molar-refractivity contribution in [1.82, 2.24) is 5.32 Å². The number of nitrogens with two attached hydrogens (primary N) is 1. The maximum Gasteiger partial charge on any atom is 0.341 e. The van der Waals surface area contributed by atoms with Gasteiger partial charge >= 0.3 is 5.97 Å². The van der Waals surface area contributed by atoms with Gasteiger partial charge in [-0.2, -0.15) is 0 Å². The van der Waals surface area contributed by atoms with Gasteiger partial charge in [-0.25, -0.2) is 4.79 Å². The fourth-order valence-corrected chi connectivity index (χ4v) is 2.58. The summed E-state index contributed by atoms with van der Waals surface area (Å²) in [5, 5.41) is 13.6. The molecule has 1 amide bonds. The van der Waals surface area contributed by atoms with Crippen molar-refractivity contribution in [3.05, 3.63) is 69.8 Å². The highest BCUT2D eigenvalue weighted by molar-refractivity contribution is 5.97. The molecule has 0 aliphatic carbocycles. The van der Waals surface area contributed by atoms with Gasteiger partial charge in [-0.3, -0.25) is 14.9 Å². The normalized spacial score (nSPS) is 11.4. The monoisotopic (exact) mass is 371 g/mol. The zero-order valence-electron chi connectivity index (χ0n) is 14.9. The van der Waals surface area contributed by atoms with Crippen molar-refractivity contribution in [2.45, 2.75) is 25.8 Å². The first-order chi connectivity index (χ1) is 12.9. The van der Waals surface area contributed by atoms with Crippen LogP contribution in [-0.2, 0) is 9.53 Å². The number of rotatable bonds is 8. The van der Waals surface area contributed by atoms with Gasteiger partial charge in [-0.15, -0.1) is 0 Å². The van der Waals surface area contributed by atoms with Gasteiger partial charge in [0.05, 0.1) is 16.5 Å². The van der Waals surface area contributed by atoms with E-state index in [1.807, 2.05) is 37.3 Å². The average Bonchev–Trinajstić information content (AvgIpc) is 2.66. The fraction of sp³-hybridized carbons (Fsp3) is 0.263. The van der Waals surface area contributed by atoms with Crippen molar-refractivity contribution in [3.63, 3.8) is 0 Å². The van der Waals surface area contributed by atoms with Crippen LogP contribution >= 0.6 is 0 Å². The van der Waals surface area contributed by atoms with Gasteiger partial charge in [0.1, 0.15) is 0 Å². The second kappa shape index (κ2) is 9.33. The second-order valence-electron chi connectivity index (χ2n) is 5.92. The summed E-state index contributed by atoms with van der Waals surface area (Å²) < 4.78 is 4.97. The molecule has 2 rings (SSSR count). The number of anilines is 1. The number of ether oxygens (including phenoxy) is 1. The summed E-state index contributed by atoms with van der Waals surface area (Å²) in [4.78, 5) is 34.5. The molecule has 0 aromatic heterocycles. The number of nitro groups is 1. The second-order valence-corrected chi connectivity index (χ2v) is 5.92. The average molecular weight is 371 g/mol. The molecule has 3 N–H and O–H groups in total. The molecule has 2 aromatic rings. The number of esters is 1. The molecule has 0 saturated heterocycles. The van der Waals surface area contributed by atoms with Crippen LogP contribution in [0, 0.1) is 10.1 Å². The van der Waals surface area contributed by atoms with E-state index in [2.05, 4.69) is 5.32 Å². The highest BCUT2D eigenvalue weighted by Crippen LogP contribution is 2.21. The number of non-ortho nitro benzene ring substituents is 1. The quantitative estimate of drug-likeness (QED) is 0.318. The summed E-state index contributed by atoms with van der Waals surface area (Å²) in [7, 11) is 0. The fourth-order valence-electron chi connectivity index (χ4n) is 2.58. The molecule has 8 nitrogen and oxygen atoms in total. The molecule has 0 radical (unpaired) electrons. The number of hydrogen-bond donors (Lipinski definition) is 2. The van der Waals surface area contributed by atoms with Crippen molar-refractivity contribution >= 4 is 23.3 Å². The molecule has 0 aliphatic rings. The van der Waals surface area contributed by atoms with Crippen LogP contribution in [-0.4, -0.2) is 23.4 Å². The Balaban J connectivity index is 1.99. The maximum atomic E-state index is 12.2. The van der Waals surface area contributed by atoms with Crippen LogP contribution in [0.1, 0.15) is 41.7 Å². The van der Waals surface area contributed by atoms with Gasteiger partial charge in [-0.1, -0.05) is 43.7 Å². The molecular weight excluding hydrogens is 350 g/mol. The standard InChI is InChI=1S/C19H21N3O5/c1-2-6-17(13-7-4-3-5-8-13)21-18(23)12-27-19(24)15-11-14(22(25)26)9-10-16(15)20/h3-5,7-11,17H,2,6,12,20H2,1H3,(H,21,23). The van der Waals surface area contributed by atoms with Crippen molar-refractivity contribution in [1.29, 1.82) is 0 Å². The zero-order chi connectivity index (χ0) is 19.8. The summed E-state index contributed by atoms with van der Waals surface area (Å²) in [6.07, 6.45) is 1.60. The third kappa shape index (κ3) is 5.53. The Morgan fingerprint density at radius 3 is 2.56 bits per heavy atom. The van der Waals surface area contributed by atoms with Gasteiger partial charge in [-0.05, 0) is 18.1 Å². The minimum absolute atomic E-state index is 0.0409. The molecule has 0 spiro atoms. The van der Waals surface area contributed by atoms with Crippen molar-refractivity contribution < 1.29 is 19.2 Å². The summed E-state index contributed by atoms with van der Waals surface area (Å²) in [6, 6.07) is 12.8. The number of amides is 1. The van der Waals surface area contributed by atoms with E-state index in [0.717, 1.165) is 24.5 Å². The van der Waals surface area contributed by atoms with Crippen LogP contribution in [0.25, 0.3) is 0 Å². The number of carbonyl (C=O) groups excluding carboxylic acids is 2.